The molecule has 0 saturated carbocycles. The van der Waals surface area contributed by atoms with Crippen LogP contribution in [0.1, 0.15) is 50.2 Å². The van der Waals surface area contributed by atoms with Gasteiger partial charge in [0.1, 0.15) is 5.82 Å². The highest BCUT2D eigenvalue weighted by Gasteiger charge is 2.18. The molecule has 0 bridgehead atoms. The number of likely N-dealkylation sites (tertiary alicyclic amines) is 1. The number of hydrogen-bond acceptors (Lipinski definition) is 3. The average Bonchev–Trinajstić information content (AvgIpc) is 2.70. The minimum Gasteiger partial charge on any atom is -0.284 e. The Bertz CT molecular complexity index is 805. The minimum absolute atomic E-state index is 0.163. The van der Waals surface area contributed by atoms with Crippen LogP contribution in [0.5, 0.6) is 0 Å². The molecule has 0 aromatic heterocycles. The van der Waals surface area contributed by atoms with Crippen molar-refractivity contribution in [3.05, 3.63) is 65.1 Å². The zero-order chi connectivity index (χ0) is 21.9. The van der Waals surface area contributed by atoms with Crippen LogP contribution in [0, 0.1) is 11.7 Å². The molecule has 1 aliphatic heterocycles. The molecule has 0 aliphatic carbocycles. The fourth-order valence-electron chi connectivity index (χ4n) is 3.76. The highest BCUT2D eigenvalue weighted by Crippen LogP contribution is 2.27. The van der Waals surface area contributed by atoms with E-state index in [0.29, 0.717) is 23.7 Å². The maximum Gasteiger partial charge on any atom is 0.127 e. The van der Waals surface area contributed by atoms with E-state index in [2.05, 4.69) is 34.8 Å². The maximum atomic E-state index is 14.3. The molecule has 0 amide bonds. The number of allylic oxidation sites excluding steroid dienone is 3. The van der Waals surface area contributed by atoms with Crippen molar-refractivity contribution in [2.45, 2.75) is 45.4 Å². The highest BCUT2D eigenvalue weighted by atomic mass is 35.5. The Kier molecular flexibility index (Phi) is 10.2. The van der Waals surface area contributed by atoms with Gasteiger partial charge in [0.25, 0.3) is 0 Å². The number of aliphatic imine (C=N–C) groups is 2. The van der Waals surface area contributed by atoms with Gasteiger partial charge in [0.05, 0.1) is 11.7 Å². The van der Waals surface area contributed by atoms with Crippen LogP contribution in [-0.4, -0.2) is 37.6 Å². The van der Waals surface area contributed by atoms with Crippen molar-refractivity contribution in [2.75, 3.05) is 19.8 Å². The van der Waals surface area contributed by atoms with Gasteiger partial charge in [-0.05, 0) is 74.4 Å². The first-order valence-electron chi connectivity index (χ1n) is 10.5. The molecule has 0 unspecified atom stereocenters. The Morgan fingerprint density at radius 1 is 1.30 bits per heavy atom. The Hall–Kier alpha value is -2.04. The zero-order valence-electron chi connectivity index (χ0n) is 18.0. The molecule has 30 heavy (non-hydrogen) atoms. The lowest BCUT2D eigenvalue weighted by Crippen LogP contribution is -2.33. The number of benzene rings is 1. The molecule has 5 heteroatoms. The van der Waals surface area contributed by atoms with Gasteiger partial charge < -0.3 is 0 Å². The van der Waals surface area contributed by atoms with E-state index in [1.165, 1.54) is 25.5 Å². The molecule has 0 spiro atoms. The summed E-state index contributed by atoms with van der Waals surface area (Å²) in [6.45, 7) is 16.1. The molecular weight excluding hydrogens is 397 g/mol. The molecule has 162 valence electrons. The molecular formula is C25H33ClFN3. The van der Waals surface area contributed by atoms with Gasteiger partial charge in [-0.1, -0.05) is 48.9 Å². The Labute approximate surface area is 185 Å². The number of piperidine rings is 1. The summed E-state index contributed by atoms with van der Waals surface area (Å²) in [5.41, 5.74) is 3.58. The standard InChI is InChI=1S/C25H33ClFN3/c1-19(2)14-23-9-8-22(15-25(23)27)20(3)6-5-7-21-10-12-30(13-11-21)18-29-17-24(26)16-28-4/h8-9,15-17,21H,1,3-7,10-14,18H2,2H3/b24-16+,29-17?. The van der Waals surface area contributed by atoms with Crippen molar-refractivity contribution in [3.8, 4) is 0 Å². The van der Waals surface area contributed by atoms with E-state index in [1.807, 2.05) is 19.1 Å². The van der Waals surface area contributed by atoms with Crippen LogP contribution in [0.2, 0.25) is 0 Å². The van der Waals surface area contributed by atoms with Crippen molar-refractivity contribution in [2.24, 2.45) is 15.9 Å². The zero-order valence-corrected chi connectivity index (χ0v) is 18.8. The van der Waals surface area contributed by atoms with E-state index >= 15 is 0 Å². The van der Waals surface area contributed by atoms with Gasteiger partial charge in [-0.25, -0.2) is 4.39 Å². The molecule has 0 atom stereocenters. The monoisotopic (exact) mass is 429 g/mol. The van der Waals surface area contributed by atoms with E-state index in [4.69, 9.17) is 11.6 Å². The predicted molar refractivity (Wildman–Crippen MR) is 129 cm³/mol. The molecule has 1 saturated heterocycles. The second kappa shape index (κ2) is 12.6. The van der Waals surface area contributed by atoms with Crippen LogP contribution < -0.4 is 0 Å². The van der Waals surface area contributed by atoms with Gasteiger partial charge in [-0.2, -0.15) is 0 Å². The smallest absolute Gasteiger partial charge is 0.127 e. The van der Waals surface area contributed by atoms with Crippen LogP contribution >= 0.6 is 11.6 Å². The normalized spacial score (nSPS) is 16.2. The van der Waals surface area contributed by atoms with Gasteiger partial charge in [0.15, 0.2) is 0 Å². The summed E-state index contributed by atoms with van der Waals surface area (Å²) in [4.78, 5) is 10.3. The molecule has 1 heterocycles. The van der Waals surface area contributed by atoms with Crippen LogP contribution in [0.4, 0.5) is 4.39 Å². The summed E-state index contributed by atoms with van der Waals surface area (Å²) >= 11 is 5.91. The van der Waals surface area contributed by atoms with Crippen molar-refractivity contribution in [3.63, 3.8) is 0 Å². The lowest BCUT2D eigenvalue weighted by atomic mass is 9.90. The summed E-state index contributed by atoms with van der Waals surface area (Å²) in [7, 11) is 0. The van der Waals surface area contributed by atoms with Gasteiger partial charge >= 0.3 is 0 Å². The predicted octanol–water partition coefficient (Wildman–Crippen LogP) is 6.65. The molecule has 1 aromatic carbocycles. The summed E-state index contributed by atoms with van der Waals surface area (Å²) in [6, 6.07) is 5.46. The van der Waals surface area contributed by atoms with E-state index < -0.39 is 0 Å². The first kappa shape index (κ1) is 24.2. The maximum absolute atomic E-state index is 14.3. The van der Waals surface area contributed by atoms with E-state index in [1.54, 1.807) is 12.3 Å². The minimum atomic E-state index is -0.163. The molecule has 0 N–H and O–H groups in total. The summed E-state index contributed by atoms with van der Waals surface area (Å²) in [5.74, 6) is 0.574. The Morgan fingerprint density at radius 2 is 2.03 bits per heavy atom. The second-order valence-corrected chi connectivity index (χ2v) is 8.58. The largest absolute Gasteiger partial charge is 0.284 e. The quantitative estimate of drug-likeness (QED) is 0.286. The fraction of sp³-hybridized carbons (Fsp3) is 0.440. The molecule has 0 radical (unpaired) electrons. The molecule has 1 fully saturated rings. The van der Waals surface area contributed by atoms with Crippen LogP contribution in [0.15, 0.2) is 58.1 Å². The van der Waals surface area contributed by atoms with Crippen molar-refractivity contribution in [1.29, 1.82) is 0 Å². The number of nitrogens with zero attached hydrogens (tertiary/aromatic N) is 3. The summed E-state index contributed by atoms with van der Waals surface area (Å²) in [6.07, 6.45) is 9.24. The van der Waals surface area contributed by atoms with E-state index in [0.717, 1.165) is 48.6 Å². The van der Waals surface area contributed by atoms with Gasteiger partial charge in [-0.15, -0.1) is 0 Å². The average molecular weight is 430 g/mol. The van der Waals surface area contributed by atoms with Crippen molar-refractivity contribution in [1.82, 2.24) is 4.90 Å². The first-order chi connectivity index (χ1) is 14.4. The van der Waals surface area contributed by atoms with Gasteiger partial charge in [-0.3, -0.25) is 14.9 Å². The fourth-order valence-corrected chi connectivity index (χ4v) is 3.90. The molecule has 1 aliphatic rings. The lowest BCUT2D eigenvalue weighted by molar-refractivity contribution is 0.183. The highest BCUT2D eigenvalue weighted by molar-refractivity contribution is 6.39. The SMILES string of the molecule is C=N/C=C(/Cl)C=NCN1CCC(CCCC(=C)c2ccc(CC(=C)C)c(F)c2)CC1. The van der Waals surface area contributed by atoms with E-state index in [9.17, 15) is 4.39 Å². The number of rotatable bonds is 11. The molecule has 1 aromatic rings. The van der Waals surface area contributed by atoms with E-state index in [-0.39, 0.29) is 5.82 Å². The molecule has 3 nitrogen and oxygen atoms in total. The van der Waals surface area contributed by atoms with Gasteiger partial charge in [0.2, 0.25) is 0 Å². The Balaban J connectivity index is 1.69. The van der Waals surface area contributed by atoms with Crippen LogP contribution in [0.25, 0.3) is 5.57 Å². The lowest BCUT2D eigenvalue weighted by Gasteiger charge is -2.30. The molecule has 2 rings (SSSR count). The van der Waals surface area contributed by atoms with Crippen molar-refractivity contribution < 1.29 is 4.39 Å². The van der Waals surface area contributed by atoms with Crippen LogP contribution in [0.3, 0.4) is 0 Å². The second-order valence-electron chi connectivity index (χ2n) is 8.15. The third-order valence-electron chi connectivity index (χ3n) is 5.46. The summed E-state index contributed by atoms with van der Waals surface area (Å²) < 4.78 is 14.3. The van der Waals surface area contributed by atoms with Gasteiger partial charge in [0, 0.05) is 25.5 Å². The Morgan fingerprint density at radius 3 is 2.67 bits per heavy atom. The van der Waals surface area contributed by atoms with Crippen molar-refractivity contribution >= 4 is 30.1 Å². The third-order valence-corrected chi connectivity index (χ3v) is 5.66. The first-order valence-corrected chi connectivity index (χ1v) is 10.9. The van der Waals surface area contributed by atoms with Crippen LogP contribution in [-0.2, 0) is 6.42 Å². The third kappa shape index (κ3) is 8.37. The summed E-state index contributed by atoms with van der Waals surface area (Å²) in [5, 5.41) is 0.491. The topological polar surface area (TPSA) is 28.0 Å². The number of halogens is 2. The number of hydrogen-bond donors (Lipinski definition) is 0.